The van der Waals surface area contributed by atoms with Crippen LogP contribution in [0.15, 0.2) is 29.4 Å². The Balaban J connectivity index is 1.49. The van der Waals surface area contributed by atoms with E-state index in [1.807, 2.05) is 6.20 Å². The van der Waals surface area contributed by atoms with Crippen molar-refractivity contribution in [3.63, 3.8) is 0 Å². The number of guanidine groups is 1. The maximum atomic E-state index is 13.5. The standard InChI is InChI=1S/C21H32FN5O/c1-3-23-21(26-13-16(2)15-27-8-10-28-11-9-27)24-7-6-17-14-25-20-5-4-18(22)12-19(17)20/h4-5,12,14,16,25H,3,6-11,13,15H2,1-2H3,(H2,23,24,26). The van der Waals surface area contributed by atoms with Crippen LogP contribution in [0.4, 0.5) is 4.39 Å². The van der Waals surface area contributed by atoms with Gasteiger partial charge in [0.15, 0.2) is 5.96 Å². The van der Waals surface area contributed by atoms with Crippen molar-refractivity contribution in [1.82, 2.24) is 20.5 Å². The van der Waals surface area contributed by atoms with Crippen LogP contribution in [-0.2, 0) is 11.2 Å². The van der Waals surface area contributed by atoms with Crippen LogP contribution in [0.3, 0.4) is 0 Å². The van der Waals surface area contributed by atoms with Crippen LogP contribution in [0.1, 0.15) is 19.4 Å². The molecular formula is C21H32FN5O. The Morgan fingerprint density at radius 1 is 1.32 bits per heavy atom. The van der Waals surface area contributed by atoms with Gasteiger partial charge in [0.05, 0.1) is 13.2 Å². The molecule has 1 atom stereocenters. The van der Waals surface area contributed by atoms with Crippen molar-refractivity contribution in [2.45, 2.75) is 20.3 Å². The van der Waals surface area contributed by atoms with Gasteiger partial charge in [-0.3, -0.25) is 9.89 Å². The molecule has 7 heteroatoms. The van der Waals surface area contributed by atoms with Crippen molar-refractivity contribution >= 4 is 16.9 Å². The van der Waals surface area contributed by atoms with E-state index in [2.05, 4.69) is 34.4 Å². The lowest BCUT2D eigenvalue weighted by Crippen LogP contribution is -2.40. The fraction of sp³-hybridized carbons (Fsp3) is 0.571. The average molecular weight is 390 g/mol. The maximum absolute atomic E-state index is 13.5. The highest BCUT2D eigenvalue weighted by atomic mass is 19.1. The Hall–Kier alpha value is -2.12. The van der Waals surface area contributed by atoms with Gasteiger partial charge in [-0.1, -0.05) is 6.92 Å². The highest BCUT2D eigenvalue weighted by Gasteiger charge is 2.13. The first-order chi connectivity index (χ1) is 13.7. The Morgan fingerprint density at radius 3 is 2.93 bits per heavy atom. The van der Waals surface area contributed by atoms with Gasteiger partial charge in [0.25, 0.3) is 0 Å². The molecule has 1 aromatic heterocycles. The molecule has 6 nitrogen and oxygen atoms in total. The summed E-state index contributed by atoms with van der Waals surface area (Å²) in [6, 6.07) is 4.85. The van der Waals surface area contributed by atoms with Crippen molar-refractivity contribution in [2.24, 2.45) is 10.9 Å². The number of aromatic amines is 1. The number of hydrogen-bond donors (Lipinski definition) is 3. The number of morpholine rings is 1. The summed E-state index contributed by atoms with van der Waals surface area (Å²) >= 11 is 0. The van der Waals surface area contributed by atoms with E-state index in [0.717, 1.165) is 81.3 Å². The van der Waals surface area contributed by atoms with Gasteiger partial charge in [0.2, 0.25) is 0 Å². The van der Waals surface area contributed by atoms with Crippen LogP contribution in [-0.4, -0.2) is 68.3 Å². The summed E-state index contributed by atoms with van der Waals surface area (Å²) in [4.78, 5) is 10.4. The number of hydrogen-bond acceptors (Lipinski definition) is 3. The third-order valence-corrected chi connectivity index (χ3v) is 5.00. The molecule has 1 fully saturated rings. The monoisotopic (exact) mass is 389 g/mol. The minimum absolute atomic E-state index is 0.203. The molecular weight excluding hydrogens is 357 g/mol. The zero-order valence-electron chi connectivity index (χ0n) is 16.9. The molecule has 2 aromatic rings. The predicted molar refractivity (Wildman–Crippen MR) is 112 cm³/mol. The second-order valence-electron chi connectivity index (χ2n) is 7.42. The van der Waals surface area contributed by atoms with E-state index in [1.165, 1.54) is 6.07 Å². The lowest BCUT2D eigenvalue weighted by Gasteiger charge is -2.28. The molecule has 1 aliphatic heterocycles. The van der Waals surface area contributed by atoms with E-state index >= 15 is 0 Å². The van der Waals surface area contributed by atoms with Crippen molar-refractivity contribution in [3.05, 3.63) is 35.8 Å². The minimum atomic E-state index is -0.203. The summed E-state index contributed by atoms with van der Waals surface area (Å²) in [6.07, 6.45) is 2.76. The normalized spacial score (nSPS) is 17.0. The molecule has 28 heavy (non-hydrogen) atoms. The van der Waals surface area contributed by atoms with Crippen molar-refractivity contribution in [3.8, 4) is 0 Å². The third kappa shape index (κ3) is 5.94. The first-order valence-electron chi connectivity index (χ1n) is 10.2. The molecule has 1 saturated heterocycles. The number of aromatic nitrogens is 1. The van der Waals surface area contributed by atoms with Crippen LogP contribution in [0.2, 0.25) is 0 Å². The van der Waals surface area contributed by atoms with E-state index in [0.29, 0.717) is 5.92 Å². The van der Waals surface area contributed by atoms with E-state index in [1.54, 1.807) is 12.1 Å². The van der Waals surface area contributed by atoms with Crippen LogP contribution < -0.4 is 10.6 Å². The highest BCUT2D eigenvalue weighted by Crippen LogP contribution is 2.19. The molecule has 1 unspecified atom stereocenters. The smallest absolute Gasteiger partial charge is 0.191 e. The quantitative estimate of drug-likeness (QED) is 0.479. The Labute approximate surface area is 166 Å². The Morgan fingerprint density at radius 2 is 2.14 bits per heavy atom. The van der Waals surface area contributed by atoms with Crippen molar-refractivity contribution < 1.29 is 9.13 Å². The summed E-state index contributed by atoms with van der Waals surface area (Å²) in [5, 5.41) is 7.65. The average Bonchev–Trinajstić information content (AvgIpc) is 3.09. The van der Waals surface area contributed by atoms with Crippen LogP contribution in [0, 0.1) is 11.7 Å². The predicted octanol–water partition coefficient (Wildman–Crippen LogP) is 2.37. The second kappa shape index (κ2) is 10.4. The number of aliphatic imine (C=N–C) groups is 1. The molecule has 0 spiro atoms. The van der Waals surface area contributed by atoms with Gasteiger partial charge in [0, 0.05) is 56.4 Å². The second-order valence-corrected chi connectivity index (χ2v) is 7.42. The zero-order chi connectivity index (χ0) is 19.8. The van der Waals surface area contributed by atoms with Gasteiger partial charge >= 0.3 is 0 Å². The van der Waals surface area contributed by atoms with Gasteiger partial charge in [0.1, 0.15) is 5.82 Å². The van der Waals surface area contributed by atoms with Crippen molar-refractivity contribution in [2.75, 3.05) is 52.5 Å². The summed E-state index contributed by atoms with van der Waals surface area (Å²) in [7, 11) is 0. The fourth-order valence-electron chi connectivity index (χ4n) is 3.54. The first-order valence-corrected chi connectivity index (χ1v) is 10.2. The highest BCUT2D eigenvalue weighted by molar-refractivity contribution is 5.83. The molecule has 0 saturated carbocycles. The molecule has 0 amide bonds. The van der Waals surface area contributed by atoms with Gasteiger partial charge in [-0.25, -0.2) is 4.39 Å². The summed E-state index contributed by atoms with van der Waals surface area (Å²) in [5.41, 5.74) is 2.08. The summed E-state index contributed by atoms with van der Waals surface area (Å²) < 4.78 is 18.9. The van der Waals surface area contributed by atoms with Crippen molar-refractivity contribution in [1.29, 1.82) is 0 Å². The number of H-pyrrole nitrogens is 1. The Kier molecular flexibility index (Phi) is 7.68. The number of rotatable bonds is 8. The summed E-state index contributed by atoms with van der Waals surface area (Å²) in [5.74, 6) is 1.12. The van der Waals surface area contributed by atoms with Gasteiger partial charge < -0.3 is 20.4 Å². The topological polar surface area (TPSA) is 64.7 Å². The lowest BCUT2D eigenvalue weighted by atomic mass is 10.1. The number of benzene rings is 1. The molecule has 1 aliphatic rings. The van der Waals surface area contributed by atoms with Gasteiger partial charge in [-0.05, 0) is 43.0 Å². The number of halogens is 1. The van der Waals surface area contributed by atoms with E-state index in [4.69, 9.17) is 9.73 Å². The van der Waals surface area contributed by atoms with Crippen LogP contribution in [0.5, 0.6) is 0 Å². The minimum Gasteiger partial charge on any atom is -0.379 e. The molecule has 0 aliphatic carbocycles. The van der Waals surface area contributed by atoms with Crippen LogP contribution >= 0.6 is 0 Å². The SMILES string of the molecule is CCNC(=NCC(C)CN1CCOCC1)NCCc1c[nH]c2ccc(F)cc12. The molecule has 3 N–H and O–H groups in total. The van der Waals surface area contributed by atoms with Gasteiger partial charge in [-0.2, -0.15) is 0 Å². The zero-order valence-corrected chi connectivity index (χ0v) is 16.9. The lowest BCUT2D eigenvalue weighted by molar-refractivity contribution is 0.0323. The Bertz CT molecular complexity index is 769. The number of ether oxygens (including phenoxy) is 1. The third-order valence-electron chi connectivity index (χ3n) is 5.00. The fourth-order valence-corrected chi connectivity index (χ4v) is 3.54. The molecule has 0 bridgehead atoms. The van der Waals surface area contributed by atoms with E-state index in [9.17, 15) is 4.39 Å². The summed E-state index contributed by atoms with van der Waals surface area (Å²) in [6.45, 7) is 11.4. The molecule has 0 radical (unpaired) electrons. The first kappa shape index (κ1) is 20.6. The number of fused-ring (bicyclic) bond motifs is 1. The molecule has 1 aromatic carbocycles. The van der Waals surface area contributed by atoms with E-state index < -0.39 is 0 Å². The maximum Gasteiger partial charge on any atom is 0.191 e. The molecule has 154 valence electrons. The number of nitrogens with zero attached hydrogens (tertiary/aromatic N) is 2. The number of nitrogens with one attached hydrogen (secondary N) is 3. The molecule has 2 heterocycles. The largest absolute Gasteiger partial charge is 0.379 e. The molecule has 3 rings (SSSR count). The van der Waals surface area contributed by atoms with E-state index in [-0.39, 0.29) is 5.82 Å². The van der Waals surface area contributed by atoms with Crippen LogP contribution in [0.25, 0.3) is 10.9 Å². The van der Waals surface area contributed by atoms with Gasteiger partial charge in [-0.15, -0.1) is 0 Å².